The van der Waals surface area contributed by atoms with Crippen LogP contribution in [-0.2, 0) is 9.47 Å². The molecule has 130 valence electrons. The highest BCUT2D eigenvalue weighted by atomic mass is 16.7. The van der Waals surface area contributed by atoms with Crippen LogP contribution in [0.3, 0.4) is 0 Å². The van der Waals surface area contributed by atoms with Crippen LogP contribution >= 0.6 is 0 Å². The summed E-state index contributed by atoms with van der Waals surface area (Å²) in [5.41, 5.74) is 4.09. The molecule has 1 fully saturated rings. The normalized spacial score (nSPS) is 31.3. The molecule has 25 heavy (non-hydrogen) atoms. The van der Waals surface area contributed by atoms with E-state index in [9.17, 15) is 10.5 Å². The largest absolute Gasteiger partial charge is 0.493 e. The summed E-state index contributed by atoms with van der Waals surface area (Å²) in [6, 6.07) is 9.74. The molecular formula is C17H19N4O4+. The SMILES string of the molecule is COc1cccc([C@@H]2[C@]3(C#N)C(N)=[NH+]C(OC)(OC)[C@]23C#N)c1OC. The molecule has 8 nitrogen and oxygen atoms in total. The van der Waals surface area contributed by atoms with Gasteiger partial charge in [0.15, 0.2) is 22.3 Å². The minimum atomic E-state index is -1.54. The van der Waals surface area contributed by atoms with Gasteiger partial charge in [0.1, 0.15) is 0 Å². The van der Waals surface area contributed by atoms with Crippen LogP contribution in [0.2, 0.25) is 0 Å². The summed E-state index contributed by atoms with van der Waals surface area (Å²) in [6.45, 7) is 0. The van der Waals surface area contributed by atoms with Gasteiger partial charge in [-0.1, -0.05) is 12.1 Å². The lowest BCUT2D eigenvalue weighted by atomic mass is 9.93. The minimum Gasteiger partial charge on any atom is -0.493 e. The molecule has 0 radical (unpaired) electrons. The van der Waals surface area contributed by atoms with E-state index in [0.29, 0.717) is 17.1 Å². The van der Waals surface area contributed by atoms with Crippen molar-refractivity contribution in [2.24, 2.45) is 16.6 Å². The first-order chi connectivity index (χ1) is 12.0. The van der Waals surface area contributed by atoms with Crippen LogP contribution in [0.25, 0.3) is 0 Å². The van der Waals surface area contributed by atoms with Gasteiger partial charge in [0.25, 0.3) is 5.84 Å². The molecule has 0 bridgehead atoms. The van der Waals surface area contributed by atoms with Gasteiger partial charge in [-0.25, -0.2) is 4.99 Å². The highest BCUT2D eigenvalue weighted by Crippen LogP contribution is 2.79. The van der Waals surface area contributed by atoms with Crippen molar-refractivity contribution < 1.29 is 23.9 Å². The lowest BCUT2D eigenvalue weighted by Crippen LogP contribution is -2.90. The smallest absolute Gasteiger partial charge is 0.342 e. The Morgan fingerprint density at radius 3 is 2.24 bits per heavy atom. The average Bonchev–Trinajstić information content (AvgIpc) is 3.22. The Morgan fingerprint density at radius 1 is 1.08 bits per heavy atom. The second kappa shape index (κ2) is 5.35. The highest BCUT2D eigenvalue weighted by Gasteiger charge is 2.97. The van der Waals surface area contributed by atoms with Gasteiger partial charge < -0.3 is 18.9 Å². The van der Waals surface area contributed by atoms with Gasteiger partial charge in [0.2, 0.25) is 0 Å². The predicted octanol–water partition coefficient (Wildman–Crippen LogP) is -0.781. The lowest BCUT2D eigenvalue weighted by Gasteiger charge is -2.27. The Kier molecular flexibility index (Phi) is 3.64. The quantitative estimate of drug-likeness (QED) is 0.672. The lowest BCUT2D eigenvalue weighted by molar-refractivity contribution is -0.687. The molecule has 0 spiro atoms. The van der Waals surface area contributed by atoms with Crippen molar-refractivity contribution in [3.05, 3.63) is 23.8 Å². The van der Waals surface area contributed by atoms with E-state index < -0.39 is 22.7 Å². The third kappa shape index (κ3) is 1.58. The molecule has 0 unspecified atom stereocenters. The second-order valence-corrected chi connectivity index (χ2v) is 5.92. The van der Waals surface area contributed by atoms with Crippen LogP contribution in [0.1, 0.15) is 11.5 Å². The number of amidine groups is 1. The molecule has 2 aliphatic rings. The Morgan fingerprint density at radius 2 is 1.76 bits per heavy atom. The number of methoxy groups -OCH3 is 4. The number of benzene rings is 1. The van der Waals surface area contributed by atoms with Crippen LogP contribution in [0, 0.1) is 33.5 Å². The molecule has 8 heteroatoms. The van der Waals surface area contributed by atoms with Crippen LogP contribution in [0.4, 0.5) is 0 Å². The molecule has 0 amide bonds. The monoisotopic (exact) mass is 343 g/mol. The highest BCUT2D eigenvalue weighted by molar-refractivity contribution is 5.95. The van der Waals surface area contributed by atoms with Crippen molar-refractivity contribution in [3.63, 3.8) is 0 Å². The maximum absolute atomic E-state index is 10.1. The van der Waals surface area contributed by atoms with Crippen molar-refractivity contribution >= 4 is 5.84 Å². The molecule has 1 aromatic rings. The number of nitrogens with two attached hydrogens (primary N) is 1. The zero-order valence-electron chi connectivity index (χ0n) is 14.4. The maximum Gasteiger partial charge on any atom is 0.342 e. The molecule has 1 aliphatic heterocycles. The molecule has 1 heterocycles. The van der Waals surface area contributed by atoms with E-state index >= 15 is 0 Å². The van der Waals surface area contributed by atoms with Crippen molar-refractivity contribution in [3.8, 4) is 23.6 Å². The molecule has 1 aromatic carbocycles. The summed E-state index contributed by atoms with van der Waals surface area (Å²) in [5.74, 6) is -1.07. The Balaban J connectivity index is 2.30. The molecule has 1 aliphatic carbocycles. The first-order valence-corrected chi connectivity index (χ1v) is 7.55. The third-order valence-electron chi connectivity index (χ3n) is 5.32. The van der Waals surface area contributed by atoms with Crippen molar-refractivity contribution in [1.29, 1.82) is 10.5 Å². The van der Waals surface area contributed by atoms with E-state index in [1.165, 1.54) is 28.4 Å². The maximum atomic E-state index is 10.1. The van der Waals surface area contributed by atoms with Crippen molar-refractivity contribution in [1.82, 2.24) is 0 Å². The zero-order valence-corrected chi connectivity index (χ0v) is 14.4. The average molecular weight is 343 g/mol. The van der Waals surface area contributed by atoms with Gasteiger partial charge in [0, 0.05) is 19.8 Å². The van der Waals surface area contributed by atoms with Gasteiger partial charge in [-0.15, -0.1) is 0 Å². The van der Waals surface area contributed by atoms with Gasteiger partial charge in [-0.05, 0) is 6.07 Å². The first-order valence-electron chi connectivity index (χ1n) is 7.55. The van der Waals surface area contributed by atoms with E-state index in [-0.39, 0.29) is 5.84 Å². The molecule has 1 saturated carbocycles. The summed E-state index contributed by atoms with van der Waals surface area (Å²) in [4.78, 5) is 2.85. The van der Waals surface area contributed by atoms with Gasteiger partial charge >= 0.3 is 5.91 Å². The first kappa shape index (κ1) is 17.0. The van der Waals surface area contributed by atoms with E-state index in [1.807, 2.05) is 0 Å². The summed E-state index contributed by atoms with van der Waals surface area (Å²) < 4.78 is 21.8. The topological polar surface area (TPSA) is 124 Å². The van der Waals surface area contributed by atoms with Crippen LogP contribution in [-0.4, -0.2) is 40.2 Å². The number of ether oxygens (including phenoxy) is 4. The van der Waals surface area contributed by atoms with E-state index in [4.69, 9.17) is 24.7 Å². The molecule has 3 rings (SSSR count). The fourth-order valence-electron chi connectivity index (χ4n) is 4.22. The number of fused-ring (bicyclic) bond motifs is 1. The Labute approximate surface area is 145 Å². The third-order valence-corrected chi connectivity index (χ3v) is 5.32. The number of hydrogen-bond acceptors (Lipinski definition) is 7. The number of rotatable bonds is 5. The molecule has 3 N–H and O–H groups in total. The summed E-state index contributed by atoms with van der Waals surface area (Å²) in [5, 5.41) is 20.0. The summed E-state index contributed by atoms with van der Waals surface area (Å²) >= 11 is 0. The number of hydrogen-bond donors (Lipinski definition) is 2. The van der Waals surface area contributed by atoms with E-state index in [2.05, 4.69) is 17.1 Å². The van der Waals surface area contributed by atoms with Crippen LogP contribution < -0.4 is 20.2 Å². The van der Waals surface area contributed by atoms with E-state index in [1.54, 1.807) is 18.2 Å². The molecule has 3 atom stereocenters. The van der Waals surface area contributed by atoms with Gasteiger partial charge in [0.05, 0.1) is 32.3 Å². The standard InChI is InChI=1S/C17H18N4O4/c1-22-11-7-5-6-10(12(11)23-2)13-15(8-18)14(20)21-17(24-3,25-4)16(13,15)9-19/h5-7,13H,1-4H3,(H2,20,21)/p+1/t13-,15-,16-/m1/s1. The van der Waals surface area contributed by atoms with Gasteiger partial charge in [-0.2, -0.15) is 10.5 Å². The number of nitrogens with zero attached hydrogens (tertiary/aromatic N) is 2. The molecular weight excluding hydrogens is 324 g/mol. The molecule has 0 aromatic heterocycles. The fourth-order valence-corrected chi connectivity index (χ4v) is 4.22. The Bertz CT molecular complexity index is 836. The number of nitriles is 2. The number of para-hydroxylation sites is 1. The molecule has 0 saturated heterocycles. The van der Waals surface area contributed by atoms with E-state index in [0.717, 1.165) is 0 Å². The predicted molar refractivity (Wildman–Crippen MR) is 85.3 cm³/mol. The second-order valence-electron chi connectivity index (χ2n) is 5.92. The minimum absolute atomic E-state index is 0.134. The number of nitrogens with one attached hydrogen (secondary N) is 1. The fraction of sp³-hybridized carbons (Fsp3) is 0.471. The Hall–Kier alpha value is -2.81. The van der Waals surface area contributed by atoms with Crippen molar-refractivity contribution in [2.75, 3.05) is 28.4 Å². The van der Waals surface area contributed by atoms with Crippen LogP contribution in [0.5, 0.6) is 11.5 Å². The summed E-state index contributed by atoms with van der Waals surface area (Å²) in [7, 11) is 5.82. The van der Waals surface area contributed by atoms with Crippen molar-refractivity contribution in [2.45, 2.75) is 11.8 Å². The van der Waals surface area contributed by atoms with Gasteiger partial charge in [-0.3, -0.25) is 5.73 Å². The van der Waals surface area contributed by atoms with Crippen LogP contribution in [0.15, 0.2) is 18.2 Å². The zero-order chi connectivity index (χ0) is 18.5. The summed E-state index contributed by atoms with van der Waals surface area (Å²) in [6.07, 6.45) is 0.